The van der Waals surface area contributed by atoms with Crippen LogP contribution < -0.4 is 10.1 Å². The predicted octanol–water partition coefficient (Wildman–Crippen LogP) is 7.99. The molecule has 0 bridgehead atoms. The number of aromatic nitrogens is 4. The maximum Gasteiger partial charge on any atom is 0.272 e. The molecule has 1 saturated heterocycles. The Balaban J connectivity index is 1.24. The second-order valence-corrected chi connectivity index (χ2v) is 13.0. The molecule has 48 heavy (non-hydrogen) atoms. The summed E-state index contributed by atoms with van der Waals surface area (Å²) in [7, 11) is 0. The first-order chi connectivity index (χ1) is 23.4. The summed E-state index contributed by atoms with van der Waals surface area (Å²) in [6, 6.07) is 24.7. The molecule has 3 aromatic heterocycles. The average Bonchev–Trinajstić information content (AvgIpc) is 3.83. The number of aromatic amines is 1. The second kappa shape index (κ2) is 12.2. The molecule has 6 aromatic rings. The molecule has 2 aliphatic rings. The SMILES string of the molecule is CC(=O)N1CCC[C@H]1COc1ncccc1NC(=O)c1[nH]c2cc(Cl)cc3c2c1-c1c(-c2ccccc2)ncn1C3c1ccc(Cl)cc1. The normalized spacial score (nSPS) is 16.6. The fourth-order valence-electron chi connectivity index (χ4n) is 7.08. The van der Waals surface area contributed by atoms with Crippen molar-refractivity contribution in [3.8, 4) is 28.4 Å². The number of carbonyl (C=O) groups is 2. The lowest BCUT2D eigenvalue weighted by molar-refractivity contribution is -0.130. The van der Waals surface area contributed by atoms with Crippen LogP contribution in [-0.2, 0) is 4.79 Å². The monoisotopic (exact) mass is 676 g/mol. The summed E-state index contributed by atoms with van der Waals surface area (Å²) < 4.78 is 8.22. The van der Waals surface area contributed by atoms with Gasteiger partial charge in [-0.1, -0.05) is 65.7 Å². The standard InChI is InChI=1S/C37H30Cl2N6O3/c1-21(46)44-16-6-9-26(44)19-48-37-28(10-5-15-40-37)43-36(47)33-31-30-27(17-25(39)18-29(30)42-33)34(23-11-13-24(38)14-12-23)45-20-41-32(35(31)45)22-7-3-2-4-8-22/h2-5,7-8,10-15,17-18,20,26,34,42H,6,9,16,19H2,1H3,(H,43,47)/t26-,34?/m0/s1. The summed E-state index contributed by atoms with van der Waals surface area (Å²) in [5, 5.41) is 5.12. The van der Waals surface area contributed by atoms with Crippen molar-refractivity contribution in [3.05, 3.63) is 118 Å². The average molecular weight is 678 g/mol. The number of ether oxygens (including phenoxy) is 1. The van der Waals surface area contributed by atoms with E-state index >= 15 is 0 Å². The van der Waals surface area contributed by atoms with Crippen molar-refractivity contribution in [1.29, 1.82) is 0 Å². The summed E-state index contributed by atoms with van der Waals surface area (Å²) >= 11 is 13.0. The Kier molecular flexibility index (Phi) is 7.66. The Morgan fingerprint density at radius 1 is 1.00 bits per heavy atom. The summed E-state index contributed by atoms with van der Waals surface area (Å²) in [4.78, 5) is 41.0. The van der Waals surface area contributed by atoms with Gasteiger partial charge in [-0.25, -0.2) is 9.97 Å². The van der Waals surface area contributed by atoms with Crippen LogP contribution in [0.2, 0.25) is 10.0 Å². The molecule has 1 fully saturated rings. The Morgan fingerprint density at radius 2 is 1.81 bits per heavy atom. The van der Waals surface area contributed by atoms with E-state index in [4.69, 9.17) is 32.9 Å². The van der Waals surface area contributed by atoms with Crippen LogP contribution in [0.25, 0.3) is 33.4 Å². The Hall–Kier alpha value is -5.12. The van der Waals surface area contributed by atoms with E-state index in [1.807, 2.05) is 78.0 Å². The van der Waals surface area contributed by atoms with Crippen molar-refractivity contribution in [2.75, 3.05) is 18.5 Å². The molecular formula is C37H30Cl2N6O3. The number of hydrogen-bond acceptors (Lipinski definition) is 5. The van der Waals surface area contributed by atoms with Gasteiger partial charge in [-0.05, 0) is 60.4 Å². The van der Waals surface area contributed by atoms with E-state index in [0.717, 1.165) is 57.4 Å². The number of imidazole rings is 1. The molecule has 2 amide bonds. The van der Waals surface area contributed by atoms with Crippen LogP contribution in [0.5, 0.6) is 5.88 Å². The number of nitrogens with zero attached hydrogens (tertiary/aromatic N) is 4. The number of rotatable bonds is 7. The number of likely N-dealkylation sites (tertiary alicyclic amines) is 1. The van der Waals surface area contributed by atoms with Crippen molar-refractivity contribution >= 4 is 51.6 Å². The molecule has 0 saturated carbocycles. The molecule has 2 atom stereocenters. The number of amides is 2. The van der Waals surface area contributed by atoms with Gasteiger partial charge in [-0.2, -0.15) is 0 Å². The third-order valence-corrected chi connectivity index (χ3v) is 9.64. The van der Waals surface area contributed by atoms with Crippen LogP contribution in [0.15, 0.2) is 91.4 Å². The van der Waals surface area contributed by atoms with Crippen molar-refractivity contribution in [2.24, 2.45) is 0 Å². The van der Waals surface area contributed by atoms with E-state index in [2.05, 4.69) is 19.9 Å². The highest BCUT2D eigenvalue weighted by atomic mass is 35.5. The fraction of sp³-hybridized carbons (Fsp3) is 0.189. The molecule has 3 aromatic carbocycles. The van der Waals surface area contributed by atoms with Crippen LogP contribution in [0.4, 0.5) is 5.69 Å². The van der Waals surface area contributed by atoms with Gasteiger partial charge in [0.1, 0.15) is 18.0 Å². The minimum absolute atomic E-state index is 0.0234. The van der Waals surface area contributed by atoms with Crippen LogP contribution >= 0.6 is 23.2 Å². The Morgan fingerprint density at radius 3 is 2.60 bits per heavy atom. The second-order valence-electron chi connectivity index (χ2n) is 12.1. The smallest absolute Gasteiger partial charge is 0.272 e. The highest BCUT2D eigenvalue weighted by Gasteiger charge is 2.36. The largest absolute Gasteiger partial charge is 0.474 e. The molecule has 5 heterocycles. The first-order valence-electron chi connectivity index (χ1n) is 15.8. The van der Waals surface area contributed by atoms with Crippen LogP contribution in [0.3, 0.4) is 0 Å². The lowest BCUT2D eigenvalue weighted by atomic mass is 9.88. The number of H-pyrrole nitrogens is 1. The molecule has 0 spiro atoms. The van der Waals surface area contributed by atoms with Gasteiger partial charge in [0.25, 0.3) is 5.91 Å². The van der Waals surface area contributed by atoms with Gasteiger partial charge in [0, 0.05) is 51.7 Å². The summed E-state index contributed by atoms with van der Waals surface area (Å²) in [5.41, 5.74) is 6.66. The minimum Gasteiger partial charge on any atom is -0.474 e. The van der Waals surface area contributed by atoms with Crippen molar-refractivity contribution in [2.45, 2.75) is 31.8 Å². The van der Waals surface area contributed by atoms with E-state index in [0.29, 0.717) is 28.0 Å². The molecule has 11 heteroatoms. The maximum atomic E-state index is 14.4. The minimum atomic E-state index is -0.371. The molecule has 2 N–H and O–H groups in total. The first kappa shape index (κ1) is 30.2. The lowest BCUT2D eigenvalue weighted by Crippen LogP contribution is -2.37. The van der Waals surface area contributed by atoms with Gasteiger partial charge in [-0.3, -0.25) is 9.59 Å². The Bertz CT molecular complexity index is 2190. The number of carbonyl (C=O) groups excluding carboxylic acids is 2. The van der Waals surface area contributed by atoms with Crippen molar-refractivity contribution in [1.82, 2.24) is 24.4 Å². The summed E-state index contributed by atoms with van der Waals surface area (Å²) in [6.07, 6.45) is 5.22. The van der Waals surface area contributed by atoms with E-state index in [-0.39, 0.29) is 36.4 Å². The van der Waals surface area contributed by atoms with E-state index in [9.17, 15) is 9.59 Å². The van der Waals surface area contributed by atoms with E-state index in [1.54, 1.807) is 25.3 Å². The highest BCUT2D eigenvalue weighted by Crippen LogP contribution is 2.49. The zero-order valence-corrected chi connectivity index (χ0v) is 27.4. The van der Waals surface area contributed by atoms with Gasteiger partial charge in [0.05, 0.1) is 29.8 Å². The number of benzene rings is 3. The number of pyridine rings is 1. The molecule has 1 unspecified atom stereocenters. The van der Waals surface area contributed by atoms with Crippen LogP contribution in [0.1, 0.15) is 47.4 Å². The summed E-state index contributed by atoms with van der Waals surface area (Å²) in [5.74, 6) is -0.0630. The first-order valence-corrected chi connectivity index (χ1v) is 16.5. The lowest BCUT2D eigenvalue weighted by Gasteiger charge is -2.28. The zero-order chi connectivity index (χ0) is 32.9. The topological polar surface area (TPSA) is 105 Å². The van der Waals surface area contributed by atoms with Crippen molar-refractivity contribution in [3.63, 3.8) is 0 Å². The van der Waals surface area contributed by atoms with Gasteiger partial charge in [0.15, 0.2) is 0 Å². The maximum absolute atomic E-state index is 14.4. The Labute approximate surface area is 286 Å². The summed E-state index contributed by atoms with van der Waals surface area (Å²) in [6.45, 7) is 2.57. The van der Waals surface area contributed by atoms with Gasteiger partial charge in [-0.15, -0.1) is 0 Å². The fourth-order valence-corrected chi connectivity index (χ4v) is 7.43. The number of hydrogen-bond donors (Lipinski definition) is 2. The van der Waals surface area contributed by atoms with Crippen LogP contribution in [0, 0.1) is 0 Å². The number of fused-ring (bicyclic) bond motifs is 2. The molecule has 0 aliphatic carbocycles. The molecule has 2 aliphatic heterocycles. The number of nitrogens with one attached hydrogen (secondary N) is 2. The zero-order valence-electron chi connectivity index (χ0n) is 25.9. The molecule has 240 valence electrons. The quantitative estimate of drug-likeness (QED) is 0.178. The van der Waals surface area contributed by atoms with E-state index in [1.165, 1.54) is 0 Å². The van der Waals surface area contributed by atoms with Gasteiger partial charge >= 0.3 is 0 Å². The number of anilines is 1. The molecule has 0 radical (unpaired) electrons. The molecule has 8 rings (SSSR count). The van der Waals surface area contributed by atoms with E-state index < -0.39 is 0 Å². The third-order valence-electron chi connectivity index (χ3n) is 9.17. The molecule has 9 nitrogen and oxygen atoms in total. The van der Waals surface area contributed by atoms with Gasteiger partial charge < -0.3 is 24.5 Å². The van der Waals surface area contributed by atoms with Crippen LogP contribution in [-0.4, -0.2) is 55.4 Å². The third kappa shape index (κ3) is 5.19. The molecular weight excluding hydrogens is 647 g/mol. The predicted molar refractivity (Wildman–Crippen MR) is 187 cm³/mol. The van der Waals surface area contributed by atoms with Crippen molar-refractivity contribution < 1.29 is 14.3 Å². The highest BCUT2D eigenvalue weighted by molar-refractivity contribution is 6.32. The van der Waals surface area contributed by atoms with Gasteiger partial charge in [0.2, 0.25) is 11.8 Å². The number of halogens is 2.